The number of para-hydroxylation sites is 1. The number of nitrogens with zero attached hydrogens (tertiary/aromatic N) is 2. The van der Waals surface area contributed by atoms with E-state index in [0.717, 1.165) is 38.4 Å². The summed E-state index contributed by atoms with van der Waals surface area (Å²) >= 11 is 0. The van der Waals surface area contributed by atoms with Crippen LogP contribution in [0.15, 0.2) is 54.6 Å². The molecule has 4 heteroatoms. The quantitative estimate of drug-likeness (QED) is 0.891. The minimum absolute atomic E-state index is 0.167. The van der Waals surface area contributed by atoms with Crippen molar-refractivity contribution in [1.29, 1.82) is 0 Å². The number of hydrogen-bond donors (Lipinski definition) is 2. The van der Waals surface area contributed by atoms with Crippen molar-refractivity contribution in [2.75, 3.05) is 47.8 Å². The van der Waals surface area contributed by atoms with Crippen molar-refractivity contribution in [3.05, 3.63) is 54.6 Å². The molecule has 3 rings (SSSR count). The predicted octanol–water partition coefficient (Wildman–Crippen LogP) is 2.77. The third-order valence-corrected chi connectivity index (χ3v) is 4.26. The third kappa shape index (κ3) is 4.17. The van der Waals surface area contributed by atoms with E-state index < -0.39 is 0 Å². The average molecular weight is 310 g/mol. The Hall–Kier alpha value is -2.20. The highest BCUT2D eigenvalue weighted by atomic mass is 15.3. The maximum absolute atomic E-state index is 5.77. The van der Waals surface area contributed by atoms with E-state index >= 15 is 0 Å². The first-order valence-electron chi connectivity index (χ1n) is 8.37. The van der Waals surface area contributed by atoms with Gasteiger partial charge in [0.25, 0.3) is 0 Å². The maximum Gasteiger partial charge on any atom is 0.0368 e. The molecular weight excluding hydrogens is 284 g/mol. The van der Waals surface area contributed by atoms with E-state index in [4.69, 9.17) is 5.73 Å². The van der Waals surface area contributed by atoms with Crippen molar-refractivity contribution in [2.24, 2.45) is 5.73 Å². The van der Waals surface area contributed by atoms with Crippen LogP contribution in [0.4, 0.5) is 17.1 Å². The second kappa shape index (κ2) is 7.38. The summed E-state index contributed by atoms with van der Waals surface area (Å²) in [6, 6.07) is 19.5. The Balaban J connectivity index is 1.55. The molecule has 0 amide bonds. The van der Waals surface area contributed by atoms with Crippen LogP contribution in [0.3, 0.4) is 0 Å². The lowest BCUT2D eigenvalue weighted by molar-refractivity contribution is 0.653. The van der Waals surface area contributed by atoms with Crippen molar-refractivity contribution >= 4 is 17.1 Å². The standard InChI is InChI=1S/C19H26N4/c1-16(20)15-21-17-7-9-19(10-8-17)23-13-11-22(12-14-23)18-5-3-2-4-6-18/h2-10,16,21H,11-15,20H2,1H3. The maximum atomic E-state index is 5.77. The zero-order valence-electron chi connectivity index (χ0n) is 13.8. The largest absolute Gasteiger partial charge is 0.383 e. The SMILES string of the molecule is CC(N)CNc1ccc(N2CCN(c3ccccc3)CC2)cc1. The molecule has 2 aromatic rings. The lowest BCUT2D eigenvalue weighted by atomic mass is 10.2. The molecule has 1 heterocycles. The highest BCUT2D eigenvalue weighted by Crippen LogP contribution is 2.22. The van der Waals surface area contributed by atoms with Crippen LogP contribution < -0.4 is 20.9 Å². The Bertz CT molecular complexity index is 587. The van der Waals surface area contributed by atoms with Gasteiger partial charge in [0, 0.05) is 55.8 Å². The van der Waals surface area contributed by atoms with Gasteiger partial charge >= 0.3 is 0 Å². The monoisotopic (exact) mass is 310 g/mol. The molecule has 1 fully saturated rings. The summed E-state index contributed by atoms with van der Waals surface area (Å²) < 4.78 is 0. The van der Waals surface area contributed by atoms with Gasteiger partial charge in [0.1, 0.15) is 0 Å². The third-order valence-electron chi connectivity index (χ3n) is 4.26. The summed E-state index contributed by atoms with van der Waals surface area (Å²) in [5, 5.41) is 3.35. The predicted molar refractivity (Wildman–Crippen MR) is 99.4 cm³/mol. The minimum atomic E-state index is 0.167. The van der Waals surface area contributed by atoms with Gasteiger partial charge in [-0.3, -0.25) is 0 Å². The number of rotatable bonds is 5. The molecule has 23 heavy (non-hydrogen) atoms. The molecule has 1 aliphatic heterocycles. The second-order valence-corrected chi connectivity index (χ2v) is 6.21. The van der Waals surface area contributed by atoms with Gasteiger partial charge in [0.15, 0.2) is 0 Å². The second-order valence-electron chi connectivity index (χ2n) is 6.21. The van der Waals surface area contributed by atoms with Crippen LogP contribution in [0.1, 0.15) is 6.92 Å². The first kappa shape index (κ1) is 15.7. The van der Waals surface area contributed by atoms with Crippen LogP contribution >= 0.6 is 0 Å². The molecule has 122 valence electrons. The van der Waals surface area contributed by atoms with E-state index in [2.05, 4.69) is 69.7 Å². The minimum Gasteiger partial charge on any atom is -0.383 e. The normalized spacial score (nSPS) is 16.3. The smallest absolute Gasteiger partial charge is 0.0368 e. The van der Waals surface area contributed by atoms with Crippen LogP contribution in [-0.4, -0.2) is 38.8 Å². The first-order valence-corrected chi connectivity index (χ1v) is 8.37. The van der Waals surface area contributed by atoms with Gasteiger partial charge in [-0.1, -0.05) is 18.2 Å². The summed E-state index contributed by atoms with van der Waals surface area (Å²) in [7, 11) is 0. The van der Waals surface area contributed by atoms with E-state index in [9.17, 15) is 0 Å². The molecule has 0 aromatic heterocycles. The van der Waals surface area contributed by atoms with Gasteiger partial charge in [0.2, 0.25) is 0 Å². The molecule has 4 nitrogen and oxygen atoms in total. The highest BCUT2D eigenvalue weighted by Gasteiger charge is 2.17. The fraction of sp³-hybridized carbons (Fsp3) is 0.368. The van der Waals surface area contributed by atoms with Crippen LogP contribution in [0.25, 0.3) is 0 Å². The van der Waals surface area contributed by atoms with Gasteiger partial charge in [-0.05, 0) is 43.3 Å². The van der Waals surface area contributed by atoms with E-state index in [1.54, 1.807) is 0 Å². The molecule has 1 atom stereocenters. The number of hydrogen-bond acceptors (Lipinski definition) is 4. The van der Waals surface area contributed by atoms with E-state index in [0.29, 0.717) is 0 Å². The van der Waals surface area contributed by atoms with Gasteiger partial charge < -0.3 is 20.9 Å². The molecule has 0 saturated carbocycles. The van der Waals surface area contributed by atoms with Crippen LogP contribution in [0.5, 0.6) is 0 Å². The van der Waals surface area contributed by atoms with E-state index in [-0.39, 0.29) is 6.04 Å². The molecule has 0 aliphatic carbocycles. The number of nitrogens with two attached hydrogens (primary N) is 1. The van der Waals surface area contributed by atoms with Crippen molar-refractivity contribution in [3.63, 3.8) is 0 Å². The lowest BCUT2D eigenvalue weighted by Gasteiger charge is -2.37. The van der Waals surface area contributed by atoms with Gasteiger partial charge in [-0.15, -0.1) is 0 Å². The van der Waals surface area contributed by atoms with Crippen molar-refractivity contribution < 1.29 is 0 Å². The number of benzene rings is 2. The summed E-state index contributed by atoms with van der Waals surface area (Å²) in [6.07, 6.45) is 0. The molecule has 0 radical (unpaired) electrons. The Kier molecular flexibility index (Phi) is 5.03. The van der Waals surface area contributed by atoms with Crippen LogP contribution in [0, 0.1) is 0 Å². The van der Waals surface area contributed by atoms with Crippen LogP contribution in [0.2, 0.25) is 0 Å². The topological polar surface area (TPSA) is 44.5 Å². The van der Waals surface area contributed by atoms with E-state index in [1.807, 2.05) is 6.92 Å². The van der Waals surface area contributed by atoms with Crippen molar-refractivity contribution in [3.8, 4) is 0 Å². The fourth-order valence-corrected chi connectivity index (χ4v) is 2.93. The Morgan fingerprint density at radius 3 is 1.91 bits per heavy atom. The molecule has 2 aromatic carbocycles. The summed E-state index contributed by atoms with van der Waals surface area (Å²) in [5.74, 6) is 0. The molecule has 3 N–H and O–H groups in total. The molecule has 1 unspecified atom stereocenters. The van der Waals surface area contributed by atoms with Crippen molar-refractivity contribution in [2.45, 2.75) is 13.0 Å². The molecular formula is C19H26N4. The molecule has 1 saturated heterocycles. The fourth-order valence-electron chi connectivity index (χ4n) is 2.93. The highest BCUT2D eigenvalue weighted by molar-refractivity contribution is 5.56. The zero-order valence-corrected chi connectivity index (χ0v) is 13.8. The Labute approximate surface area is 138 Å². The molecule has 0 spiro atoms. The number of piperazine rings is 1. The van der Waals surface area contributed by atoms with Gasteiger partial charge in [-0.25, -0.2) is 0 Å². The number of anilines is 3. The summed E-state index contributed by atoms with van der Waals surface area (Å²) in [4.78, 5) is 4.91. The zero-order chi connectivity index (χ0) is 16.1. The van der Waals surface area contributed by atoms with Gasteiger partial charge in [0.05, 0.1) is 0 Å². The Morgan fingerprint density at radius 1 is 0.870 bits per heavy atom. The van der Waals surface area contributed by atoms with Gasteiger partial charge in [-0.2, -0.15) is 0 Å². The van der Waals surface area contributed by atoms with E-state index in [1.165, 1.54) is 11.4 Å². The molecule has 0 bridgehead atoms. The van der Waals surface area contributed by atoms with Crippen LogP contribution in [-0.2, 0) is 0 Å². The summed E-state index contributed by atoms with van der Waals surface area (Å²) in [5.41, 5.74) is 9.52. The Morgan fingerprint density at radius 2 is 1.39 bits per heavy atom. The summed E-state index contributed by atoms with van der Waals surface area (Å²) in [6.45, 7) is 7.05. The average Bonchev–Trinajstić information content (AvgIpc) is 2.61. The number of nitrogens with one attached hydrogen (secondary N) is 1. The molecule has 1 aliphatic rings. The lowest BCUT2D eigenvalue weighted by Crippen LogP contribution is -2.46. The van der Waals surface area contributed by atoms with Crippen molar-refractivity contribution in [1.82, 2.24) is 0 Å². The first-order chi connectivity index (χ1) is 11.2.